The van der Waals surface area contributed by atoms with Crippen molar-refractivity contribution in [3.8, 4) is 0 Å². The number of esters is 1. The molecule has 110 valence electrons. The zero-order valence-electron chi connectivity index (χ0n) is 12.0. The molecular weight excluding hydrogens is 271 g/mol. The molecule has 0 radical (unpaired) electrons. The largest absolute Gasteiger partial charge is 0.465 e. The molecule has 0 heterocycles. The van der Waals surface area contributed by atoms with Crippen LogP contribution in [-0.4, -0.2) is 20.1 Å². The Morgan fingerprint density at radius 3 is 2.71 bits per heavy atom. The molecule has 5 heteroatoms. The van der Waals surface area contributed by atoms with Gasteiger partial charge in [0, 0.05) is 19.3 Å². The molecule has 2 rings (SSSR count). The highest BCUT2D eigenvalue weighted by Gasteiger charge is 2.15. The number of nitrogen functional groups attached to an aromatic ring is 1. The Kier molecular flexibility index (Phi) is 4.42. The molecule has 0 aromatic heterocycles. The maximum absolute atomic E-state index is 13.2. The number of carbonyl (C=O) groups is 1. The van der Waals surface area contributed by atoms with Gasteiger partial charge in [0.1, 0.15) is 5.82 Å². The van der Waals surface area contributed by atoms with E-state index >= 15 is 0 Å². The molecule has 0 saturated carbocycles. The molecule has 0 aliphatic heterocycles. The first-order valence-corrected chi connectivity index (χ1v) is 6.44. The Morgan fingerprint density at radius 1 is 1.29 bits per heavy atom. The first kappa shape index (κ1) is 14.8. The summed E-state index contributed by atoms with van der Waals surface area (Å²) in [5.74, 6) is -0.741. The van der Waals surface area contributed by atoms with E-state index < -0.39 is 5.97 Å². The summed E-state index contributed by atoms with van der Waals surface area (Å²) in [5, 5.41) is 0. The minimum Gasteiger partial charge on any atom is -0.465 e. The van der Waals surface area contributed by atoms with Crippen LogP contribution in [0.15, 0.2) is 42.5 Å². The molecule has 0 fully saturated rings. The summed E-state index contributed by atoms with van der Waals surface area (Å²) in [6.07, 6.45) is 0. The third kappa shape index (κ3) is 3.51. The van der Waals surface area contributed by atoms with Gasteiger partial charge < -0.3 is 15.4 Å². The number of hydrogen-bond acceptors (Lipinski definition) is 4. The minimum atomic E-state index is -0.455. The van der Waals surface area contributed by atoms with Gasteiger partial charge in [-0.1, -0.05) is 12.1 Å². The van der Waals surface area contributed by atoms with Crippen LogP contribution in [0.4, 0.5) is 15.8 Å². The number of nitrogens with zero attached hydrogens (tertiary/aromatic N) is 1. The summed E-state index contributed by atoms with van der Waals surface area (Å²) in [6.45, 7) is 0.464. The quantitative estimate of drug-likeness (QED) is 0.694. The van der Waals surface area contributed by atoms with Crippen LogP contribution in [0.5, 0.6) is 0 Å². The molecule has 21 heavy (non-hydrogen) atoms. The van der Waals surface area contributed by atoms with Crippen LogP contribution in [0.3, 0.4) is 0 Å². The molecule has 0 aliphatic carbocycles. The van der Waals surface area contributed by atoms with Gasteiger partial charge in [0.25, 0.3) is 0 Å². The van der Waals surface area contributed by atoms with E-state index in [0.717, 1.165) is 5.56 Å². The fraction of sp³-hybridized carbons (Fsp3) is 0.188. The summed E-state index contributed by atoms with van der Waals surface area (Å²) in [6, 6.07) is 11.4. The molecule has 0 aliphatic rings. The molecule has 0 amide bonds. The number of rotatable bonds is 4. The molecule has 0 saturated heterocycles. The van der Waals surface area contributed by atoms with E-state index in [2.05, 4.69) is 0 Å². The third-order valence-electron chi connectivity index (χ3n) is 3.15. The lowest BCUT2D eigenvalue weighted by Crippen LogP contribution is -2.20. The van der Waals surface area contributed by atoms with E-state index in [1.165, 1.54) is 19.2 Å². The van der Waals surface area contributed by atoms with Crippen molar-refractivity contribution in [2.75, 3.05) is 24.8 Å². The molecule has 0 spiro atoms. The van der Waals surface area contributed by atoms with Gasteiger partial charge in [-0.25, -0.2) is 9.18 Å². The highest BCUT2D eigenvalue weighted by Crippen LogP contribution is 2.24. The normalized spacial score (nSPS) is 10.2. The predicted molar refractivity (Wildman–Crippen MR) is 80.7 cm³/mol. The monoisotopic (exact) mass is 288 g/mol. The van der Waals surface area contributed by atoms with Gasteiger partial charge in [0.15, 0.2) is 0 Å². The highest BCUT2D eigenvalue weighted by molar-refractivity contribution is 5.96. The molecule has 0 atom stereocenters. The molecule has 0 bridgehead atoms. The van der Waals surface area contributed by atoms with Crippen LogP contribution in [0.1, 0.15) is 15.9 Å². The van der Waals surface area contributed by atoms with Crippen LogP contribution < -0.4 is 10.6 Å². The van der Waals surface area contributed by atoms with Gasteiger partial charge in [-0.15, -0.1) is 0 Å². The van der Waals surface area contributed by atoms with Crippen molar-refractivity contribution in [3.05, 3.63) is 59.4 Å². The Bertz CT molecular complexity index is 658. The van der Waals surface area contributed by atoms with Crippen LogP contribution in [0.2, 0.25) is 0 Å². The van der Waals surface area contributed by atoms with Gasteiger partial charge in [0.05, 0.1) is 18.4 Å². The summed E-state index contributed by atoms with van der Waals surface area (Å²) in [5.41, 5.74) is 8.08. The summed E-state index contributed by atoms with van der Waals surface area (Å²) >= 11 is 0. The topological polar surface area (TPSA) is 55.6 Å². The number of hydrogen-bond donors (Lipinski definition) is 1. The van der Waals surface area contributed by atoms with Crippen molar-refractivity contribution >= 4 is 17.3 Å². The number of anilines is 2. The van der Waals surface area contributed by atoms with E-state index in [1.54, 1.807) is 24.3 Å². The van der Waals surface area contributed by atoms with Crippen LogP contribution in [0.25, 0.3) is 0 Å². The molecule has 4 nitrogen and oxygen atoms in total. The lowest BCUT2D eigenvalue weighted by Gasteiger charge is -2.22. The van der Waals surface area contributed by atoms with Gasteiger partial charge >= 0.3 is 5.97 Å². The van der Waals surface area contributed by atoms with Gasteiger partial charge in [-0.3, -0.25) is 0 Å². The van der Waals surface area contributed by atoms with Crippen LogP contribution in [0, 0.1) is 5.82 Å². The fourth-order valence-corrected chi connectivity index (χ4v) is 2.15. The van der Waals surface area contributed by atoms with Crippen molar-refractivity contribution in [1.29, 1.82) is 0 Å². The second-order valence-electron chi connectivity index (χ2n) is 4.75. The Hall–Kier alpha value is -2.56. The summed E-state index contributed by atoms with van der Waals surface area (Å²) in [4.78, 5) is 13.7. The summed E-state index contributed by atoms with van der Waals surface area (Å²) < 4.78 is 18.0. The van der Waals surface area contributed by atoms with Crippen molar-refractivity contribution in [2.45, 2.75) is 6.54 Å². The van der Waals surface area contributed by atoms with E-state index in [0.29, 0.717) is 23.5 Å². The average molecular weight is 288 g/mol. The lowest BCUT2D eigenvalue weighted by molar-refractivity contribution is 0.0601. The number of carbonyl (C=O) groups excluding carboxylic acids is 1. The fourth-order valence-electron chi connectivity index (χ4n) is 2.15. The number of nitrogens with two attached hydrogens (primary N) is 1. The Labute approximate surface area is 122 Å². The van der Waals surface area contributed by atoms with Crippen molar-refractivity contribution in [2.24, 2.45) is 0 Å². The van der Waals surface area contributed by atoms with E-state index in [-0.39, 0.29) is 5.82 Å². The molecule has 0 unspecified atom stereocenters. The molecule has 2 N–H and O–H groups in total. The number of methoxy groups -OCH3 is 1. The smallest absolute Gasteiger partial charge is 0.340 e. The Morgan fingerprint density at radius 2 is 2.05 bits per heavy atom. The van der Waals surface area contributed by atoms with E-state index in [1.807, 2.05) is 18.0 Å². The zero-order chi connectivity index (χ0) is 15.4. The van der Waals surface area contributed by atoms with Gasteiger partial charge in [0.2, 0.25) is 0 Å². The third-order valence-corrected chi connectivity index (χ3v) is 3.15. The molecule has 2 aromatic rings. The lowest BCUT2D eigenvalue weighted by atomic mass is 10.1. The standard InChI is InChI=1S/C16H17FN2O2/c1-19(10-11-4-3-5-12(17)8-11)15-7-6-13(18)9-14(15)16(20)21-2/h3-9H,10,18H2,1-2H3. The Balaban J connectivity index is 2.30. The first-order chi connectivity index (χ1) is 10.0. The van der Waals surface area contributed by atoms with Crippen LogP contribution in [-0.2, 0) is 11.3 Å². The maximum atomic E-state index is 13.2. The SMILES string of the molecule is COC(=O)c1cc(N)ccc1N(C)Cc1cccc(F)c1. The number of benzene rings is 2. The van der Waals surface area contributed by atoms with E-state index in [9.17, 15) is 9.18 Å². The minimum absolute atomic E-state index is 0.286. The second-order valence-corrected chi connectivity index (χ2v) is 4.75. The molecular formula is C16H17FN2O2. The van der Waals surface area contributed by atoms with E-state index in [4.69, 9.17) is 10.5 Å². The predicted octanol–water partition coefficient (Wildman–Crippen LogP) is 2.83. The van der Waals surface area contributed by atoms with Crippen LogP contribution >= 0.6 is 0 Å². The second kappa shape index (κ2) is 6.26. The number of ether oxygens (including phenoxy) is 1. The van der Waals surface area contributed by atoms with Gasteiger partial charge in [-0.05, 0) is 35.9 Å². The molecule has 2 aromatic carbocycles. The highest BCUT2D eigenvalue weighted by atomic mass is 19.1. The maximum Gasteiger partial charge on any atom is 0.340 e. The zero-order valence-corrected chi connectivity index (χ0v) is 12.0. The van der Waals surface area contributed by atoms with Crippen molar-refractivity contribution in [3.63, 3.8) is 0 Å². The van der Waals surface area contributed by atoms with Crippen molar-refractivity contribution < 1.29 is 13.9 Å². The van der Waals surface area contributed by atoms with Crippen molar-refractivity contribution in [1.82, 2.24) is 0 Å². The first-order valence-electron chi connectivity index (χ1n) is 6.44. The average Bonchev–Trinajstić information content (AvgIpc) is 2.46. The van der Waals surface area contributed by atoms with Gasteiger partial charge in [-0.2, -0.15) is 0 Å². The number of halogens is 1. The summed E-state index contributed by atoms with van der Waals surface area (Å²) in [7, 11) is 3.14.